The van der Waals surface area contributed by atoms with Crippen molar-refractivity contribution in [1.82, 2.24) is 4.98 Å². The number of fused-ring (bicyclic) bond motifs is 1. The molecule has 5 heteroatoms. The van der Waals surface area contributed by atoms with E-state index in [0.717, 1.165) is 0 Å². The molecular formula is C16H13F2N3. The second-order valence-corrected chi connectivity index (χ2v) is 4.81. The van der Waals surface area contributed by atoms with Crippen LogP contribution < -0.4 is 11.1 Å². The molecule has 0 spiro atoms. The molecule has 0 unspecified atom stereocenters. The van der Waals surface area contributed by atoms with Crippen LogP contribution in [0.25, 0.3) is 10.9 Å². The zero-order chi connectivity index (χ0) is 15.0. The third-order valence-corrected chi connectivity index (χ3v) is 3.30. The van der Waals surface area contributed by atoms with Crippen LogP contribution >= 0.6 is 0 Å². The number of hydrogen-bond donors (Lipinski definition) is 2. The van der Waals surface area contributed by atoms with Crippen molar-refractivity contribution in [1.29, 1.82) is 0 Å². The number of anilines is 3. The Kier molecular flexibility index (Phi) is 3.17. The lowest BCUT2D eigenvalue weighted by molar-refractivity contribution is 0.618. The van der Waals surface area contributed by atoms with E-state index in [1.54, 1.807) is 37.4 Å². The summed E-state index contributed by atoms with van der Waals surface area (Å²) in [6.45, 7) is 1.65. The van der Waals surface area contributed by atoms with Gasteiger partial charge in [0.05, 0.1) is 5.52 Å². The Labute approximate surface area is 120 Å². The highest BCUT2D eigenvalue weighted by Crippen LogP contribution is 2.32. The maximum absolute atomic E-state index is 14.2. The lowest BCUT2D eigenvalue weighted by Gasteiger charge is -2.12. The van der Waals surface area contributed by atoms with Gasteiger partial charge in [-0.3, -0.25) is 4.98 Å². The lowest BCUT2D eigenvalue weighted by Crippen LogP contribution is -2.00. The molecule has 0 saturated carbocycles. The minimum Gasteiger partial charge on any atom is -0.398 e. The molecule has 0 aliphatic heterocycles. The van der Waals surface area contributed by atoms with E-state index >= 15 is 0 Å². The zero-order valence-corrected chi connectivity index (χ0v) is 11.3. The monoisotopic (exact) mass is 285 g/mol. The van der Waals surface area contributed by atoms with Crippen LogP contribution in [0.2, 0.25) is 0 Å². The molecule has 3 aromatic rings. The molecule has 0 aliphatic carbocycles. The van der Waals surface area contributed by atoms with Crippen LogP contribution in [0.4, 0.5) is 25.8 Å². The van der Waals surface area contributed by atoms with Gasteiger partial charge in [0.15, 0.2) is 5.82 Å². The molecule has 21 heavy (non-hydrogen) atoms. The quantitative estimate of drug-likeness (QED) is 0.695. The highest BCUT2D eigenvalue weighted by Gasteiger charge is 2.12. The van der Waals surface area contributed by atoms with Gasteiger partial charge in [-0.05, 0) is 48.9 Å². The molecule has 0 amide bonds. The molecule has 3 rings (SSSR count). The number of hydrogen-bond acceptors (Lipinski definition) is 3. The number of nitrogens with zero attached hydrogens (tertiary/aromatic N) is 1. The Morgan fingerprint density at radius 1 is 1.10 bits per heavy atom. The topological polar surface area (TPSA) is 50.9 Å². The average molecular weight is 285 g/mol. The minimum absolute atomic E-state index is 0.228. The summed E-state index contributed by atoms with van der Waals surface area (Å²) in [6.07, 6.45) is 1.57. The first-order chi connectivity index (χ1) is 10.1. The lowest BCUT2D eigenvalue weighted by atomic mass is 10.1. The number of benzene rings is 2. The smallest absolute Gasteiger partial charge is 0.150 e. The molecule has 0 radical (unpaired) electrons. The van der Waals surface area contributed by atoms with Crippen molar-refractivity contribution < 1.29 is 8.78 Å². The predicted octanol–water partition coefficient (Wildman–Crippen LogP) is 4.15. The average Bonchev–Trinajstić information content (AvgIpc) is 2.47. The van der Waals surface area contributed by atoms with Crippen molar-refractivity contribution in [3.05, 3.63) is 59.8 Å². The molecule has 1 aromatic heterocycles. The van der Waals surface area contributed by atoms with Crippen LogP contribution in [0.5, 0.6) is 0 Å². The maximum atomic E-state index is 14.2. The first-order valence-electron chi connectivity index (χ1n) is 6.42. The number of pyridine rings is 1. The fourth-order valence-electron chi connectivity index (χ4n) is 2.22. The van der Waals surface area contributed by atoms with Gasteiger partial charge in [-0.25, -0.2) is 8.78 Å². The molecule has 0 aliphatic rings. The van der Waals surface area contributed by atoms with Crippen molar-refractivity contribution in [2.24, 2.45) is 0 Å². The molecule has 0 atom stereocenters. The Bertz CT molecular complexity index is 831. The standard InChI is InChI=1S/C16H13F2N3/c1-9-7-10(4-5-12(9)17)21-16-13(18)8-14(19)11-3-2-6-20-15(11)16/h2-8,21H,19H2,1H3. The van der Waals surface area contributed by atoms with Gasteiger partial charge < -0.3 is 11.1 Å². The van der Waals surface area contributed by atoms with Gasteiger partial charge in [-0.1, -0.05) is 0 Å². The Morgan fingerprint density at radius 2 is 1.90 bits per heavy atom. The van der Waals surface area contributed by atoms with Crippen LogP contribution in [0.1, 0.15) is 5.56 Å². The Hall–Kier alpha value is -2.69. The fraction of sp³-hybridized carbons (Fsp3) is 0.0625. The van der Waals surface area contributed by atoms with Crippen LogP contribution in [0, 0.1) is 18.6 Å². The van der Waals surface area contributed by atoms with Crippen molar-refractivity contribution in [2.45, 2.75) is 6.92 Å². The number of aryl methyl sites for hydroxylation is 1. The summed E-state index contributed by atoms with van der Waals surface area (Å²) < 4.78 is 27.5. The highest BCUT2D eigenvalue weighted by molar-refractivity contribution is 5.99. The van der Waals surface area contributed by atoms with Crippen LogP contribution in [0.3, 0.4) is 0 Å². The van der Waals surface area contributed by atoms with Crippen molar-refractivity contribution in [3.63, 3.8) is 0 Å². The van der Waals surface area contributed by atoms with Crippen LogP contribution in [-0.2, 0) is 0 Å². The first kappa shape index (κ1) is 13.3. The summed E-state index contributed by atoms with van der Waals surface area (Å²) >= 11 is 0. The summed E-state index contributed by atoms with van der Waals surface area (Å²) in [6, 6.07) is 9.26. The van der Waals surface area contributed by atoms with Crippen LogP contribution in [-0.4, -0.2) is 4.98 Å². The van der Waals surface area contributed by atoms with Crippen molar-refractivity contribution >= 4 is 28.0 Å². The number of rotatable bonds is 2. The third-order valence-electron chi connectivity index (χ3n) is 3.30. The van der Waals surface area contributed by atoms with E-state index in [1.165, 1.54) is 12.1 Å². The van der Waals surface area contributed by atoms with Gasteiger partial charge in [-0.15, -0.1) is 0 Å². The van der Waals surface area contributed by atoms with Gasteiger partial charge in [0.1, 0.15) is 11.5 Å². The van der Waals surface area contributed by atoms with E-state index in [0.29, 0.717) is 27.8 Å². The number of halogens is 2. The number of nitrogens with one attached hydrogen (secondary N) is 1. The molecule has 3 N–H and O–H groups in total. The van der Waals surface area contributed by atoms with Gasteiger partial charge in [0.25, 0.3) is 0 Å². The summed E-state index contributed by atoms with van der Waals surface area (Å²) in [5.74, 6) is -0.804. The molecular weight excluding hydrogens is 272 g/mol. The first-order valence-corrected chi connectivity index (χ1v) is 6.42. The molecule has 2 aromatic carbocycles. The van der Waals surface area contributed by atoms with E-state index < -0.39 is 5.82 Å². The Morgan fingerprint density at radius 3 is 2.67 bits per heavy atom. The van der Waals surface area contributed by atoms with E-state index in [1.807, 2.05) is 0 Å². The van der Waals surface area contributed by atoms with Crippen molar-refractivity contribution in [2.75, 3.05) is 11.1 Å². The molecule has 3 nitrogen and oxygen atoms in total. The Balaban J connectivity index is 2.14. The summed E-state index contributed by atoms with van der Waals surface area (Å²) in [5.41, 5.74) is 7.87. The molecule has 0 bridgehead atoms. The molecule has 0 fully saturated rings. The van der Waals surface area contributed by atoms with Gasteiger partial charge >= 0.3 is 0 Å². The number of nitrogen functional groups attached to an aromatic ring is 1. The van der Waals surface area contributed by atoms with E-state index in [2.05, 4.69) is 10.3 Å². The zero-order valence-electron chi connectivity index (χ0n) is 11.3. The van der Waals surface area contributed by atoms with E-state index in [4.69, 9.17) is 5.73 Å². The summed E-state index contributed by atoms with van der Waals surface area (Å²) in [5, 5.41) is 3.62. The highest BCUT2D eigenvalue weighted by atomic mass is 19.1. The fourth-order valence-corrected chi connectivity index (χ4v) is 2.22. The van der Waals surface area contributed by atoms with Crippen molar-refractivity contribution in [3.8, 4) is 0 Å². The predicted molar refractivity (Wildman–Crippen MR) is 80.5 cm³/mol. The maximum Gasteiger partial charge on any atom is 0.150 e. The van der Waals surface area contributed by atoms with Gasteiger partial charge in [0.2, 0.25) is 0 Å². The molecule has 1 heterocycles. The second-order valence-electron chi connectivity index (χ2n) is 4.81. The normalized spacial score (nSPS) is 10.8. The minimum atomic E-state index is -0.499. The number of nitrogens with two attached hydrogens (primary N) is 1. The van der Waals surface area contributed by atoms with E-state index in [9.17, 15) is 8.78 Å². The van der Waals surface area contributed by atoms with Gasteiger partial charge in [0, 0.05) is 23.0 Å². The van der Waals surface area contributed by atoms with E-state index in [-0.39, 0.29) is 11.5 Å². The second kappa shape index (κ2) is 5.01. The third kappa shape index (κ3) is 2.38. The summed E-state index contributed by atoms with van der Waals surface area (Å²) in [4.78, 5) is 4.18. The molecule has 0 saturated heterocycles. The molecule has 106 valence electrons. The summed E-state index contributed by atoms with van der Waals surface area (Å²) in [7, 11) is 0. The largest absolute Gasteiger partial charge is 0.398 e. The van der Waals surface area contributed by atoms with Gasteiger partial charge in [-0.2, -0.15) is 0 Å². The SMILES string of the molecule is Cc1cc(Nc2c(F)cc(N)c3cccnc23)ccc1F. The number of aromatic nitrogens is 1. The van der Waals surface area contributed by atoms with Crippen LogP contribution in [0.15, 0.2) is 42.6 Å².